The van der Waals surface area contributed by atoms with Crippen LogP contribution in [0.4, 0.5) is 0 Å². The van der Waals surface area contributed by atoms with Crippen LogP contribution in [0.1, 0.15) is 66.4 Å². The Morgan fingerprint density at radius 2 is 1.78 bits per heavy atom. The average molecular weight is 508 g/mol. The number of nitrogens with zero attached hydrogens (tertiary/aromatic N) is 2. The van der Waals surface area contributed by atoms with E-state index in [1.807, 2.05) is 30.5 Å². The normalized spacial score (nSPS) is 13.0. The zero-order chi connectivity index (χ0) is 25.8. The van der Waals surface area contributed by atoms with Gasteiger partial charge in [-0.15, -0.1) is 0 Å². The summed E-state index contributed by atoms with van der Waals surface area (Å²) in [5, 5.41) is 22.7. The van der Waals surface area contributed by atoms with Gasteiger partial charge in [-0.05, 0) is 80.2 Å². The lowest BCUT2D eigenvalue weighted by atomic mass is 9.88. The summed E-state index contributed by atoms with van der Waals surface area (Å²) in [6, 6.07) is 9.33. The third-order valence-corrected chi connectivity index (χ3v) is 7.41. The number of pyridine rings is 1. The molecule has 1 aliphatic carbocycles. The van der Waals surface area contributed by atoms with Crippen molar-refractivity contribution in [3.05, 3.63) is 69.5 Å². The van der Waals surface area contributed by atoms with E-state index in [1.54, 1.807) is 6.07 Å². The van der Waals surface area contributed by atoms with E-state index < -0.39 is 5.97 Å². The number of hydrogen-bond donors (Lipinski definition) is 3. The summed E-state index contributed by atoms with van der Waals surface area (Å²) >= 11 is 6.15. The van der Waals surface area contributed by atoms with Crippen molar-refractivity contribution in [2.24, 2.45) is 0 Å². The van der Waals surface area contributed by atoms with Crippen molar-refractivity contribution in [2.45, 2.75) is 52.9 Å². The molecule has 7 heteroatoms. The fourth-order valence-electron chi connectivity index (χ4n) is 5.09. The Morgan fingerprint density at radius 3 is 2.44 bits per heavy atom. The van der Waals surface area contributed by atoms with Crippen molar-refractivity contribution in [1.29, 1.82) is 0 Å². The van der Waals surface area contributed by atoms with Gasteiger partial charge < -0.3 is 20.1 Å². The molecule has 190 valence electrons. The molecule has 0 amide bonds. The van der Waals surface area contributed by atoms with Crippen molar-refractivity contribution in [3.63, 3.8) is 0 Å². The average Bonchev–Trinajstić information content (AvgIpc) is 3.27. The topological polar surface area (TPSA) is 89.5 Å². The molecule has 0 fully saturated rings. The van der Waals surface area contributed by atoms with Crippen LogP contribution in [0, 0.1) is 0 Å². The van der Waals surface area contributed by atoms with Crippen LogP contribution in [-0.2, 0) is 19.3 Å². The SMILES string of the molecule is CCN(CC)CC.O=C(O)c1c(O)c(Cc2c[nH]c3ccc(Cl)cc23)nc2c3c(ccc12)CCCC3. The van der Waals surface area contributed by atoms with Gasteiger partial charge in [0.25, 0.3) is 0 Å². The molecule has 4 aromatic rings. The van der Waals surface area contributed by atoms with E-state index in [1.165, 1.54) is 25.2 Å². The first kappa shape index (κ1) is 26.0. The van der Waals surface area contributed by atoms with Crippen LogP contribution in [-0.4, -0.2) is 50.7 Å². The highest BCUT2D eigenvalue weighted by atomic mass is 35.5. The van der Waals surface area contributed by atoms with E-state index in [0.29, 0.717) is 28.0 Å². The molecule has 2 aromatic carbocycles. The number of benzene rings is 2. The number of fused-ring (bicyclic) bond motifs is 4. The van der Waals surface area contributed by atoms with Gasteiger partial charge in [-0.25, -0.2) is 9.78 Å². The van der Waals surface area contributed by atoms with Gasteiger partial charge in [-0.2, -0.15) is 0 Å². The molecule has 0 spiro atoms. The smallest absolute Gasteiger partial charge is 0.340 e. The number of nitrogens with one attached hydrogen (secondary N) is 1. The first-order valence-electron chi connectivity index (χ1n) is 12.7. The number of halogens is 1. The quantitative estimate of drug-likeness (QED) is 0.274. The molecule has 0 saturated heterocycles. The minimum Gasteiger partial charge on any atom is -0.505 e. The highest BCUT2D eigenvalue weighted by Crippen LogP contribution is 2.36. The highest BCUT2D eigenvalue weighted by molar-refractivity contribution is 6.31. The summed E-state index contributed by atoms with van der Waals surface area (Å²) in [4.78, 5) is 22.3. The number of carbonyl (C=O) groups is 1. The predicted molar refractivity (Wildman–Crippen MR) is 147 cm³/mol. The van der Waals surface area contributed by atoms with Gasteiger partial charge in [0.05, 0.1) is 11.2 Å². The number of aryl methyl sites for hydroxylation is 2. The molecule has 36 heavy (non-hydrogen) atoms. The molecule has 2 heterocycles. The Balaban J connectivity index is 0.000000384. The van der Waals surface area contributed by atoms with Crippen molar-refractivity contribution in [3.8, 4) is 5.75 Å². The largest absolute Gasteiger partial charge is 0.505 e. The monoisotopic (exact) mass is 507 g/mol. The van der Waals surface area contributed by atoms with Crippen LogP contribution < -0.4 is 0 Å². The van der Waals surface area contributed by atoms with Crippen LogP contribution in [0.2, 0.25) is 5.02 Å². The molecule has 0 atom stereocenters. The Kier molecular flexibility index (Phi) is 8.17. The molecule has 1 aliphatic rings. The lowest BCUT2D eigenvalue weighted by molar-refractivity contribution is 0.0695. The molecule has 2 aromatic heterocycles. The number of rotatable bonds is 6. The van der Waals surface area contributed by atoms with Crippen LogP contribution in [0.15, 0.2) is 36.5 Å². The maximum absolute atomic E-state index is 12.0. The Hall–Kier alpha value is -3.09. The molecule has 0 bridgehead atoms. The van der Waals surface area contributed by atoms with Crippen LogP contribution in [0.5, 0.6) is 5.75 Å². The summed E-state index contributed by atoms with van der Waals surface area (Å²) in [5.74, 6) is -1.41. The third kappa shape index (κ3) is 5.20. The second kappa shape index (κ2) is 11.3. The molecule has 0 aliphatic heterocycles. The second-order valence-electron chi connectivity index (χ2n) is 9.19. The maximum Gasteiger partial charge on any atom is 0.340 e. The number of aromatic amines is 1. The number of H-pyrrole nitrogens is 1. The van der Waals surface area contributed by atoms with Crippen molar-refractivity contribution < 1.29 is 15.0 Å². The number of carboxylic acid groups (broad SMARTS) is 1. The van der Waals surface area contributed by atoms with Crippen LogP contribution in [0.3, 0.4) is 0 Å². The fraction of sp³-hybridized carbons (Fsp3) is 0.379. The lowest BCUT2D eigenvalue weighted by Crippen LogP contribution is -2.21. The summed E-state index contributed by atoms with van der Waals surface area (Å²) < 4.78 is 0. The van der Waals surface area contributed by atoms with E-state index in [4.69, 9.17) is 16.6 Å². The molecule has 5 rings (SSSR count). The fourth-order valence-corrected chi connectivity index (χ4v) is 5.26. The van der Waals surface area contributed by atoms with Crippen molar-refractivity contribution in [2.75, 3.05) is 19.6 Å². The predicted octanol–water partition coefficient (Wildman–Crippen LogP) is 6.59. The van der Waals surface area contributed by atoms with Gasteiger partial charge in [0.1, 0.15) is 5.56 Å². The lowest BCUT2D eigenvalue weighted by Gasteiger charge is -2.19. The number of aromatic nitrogens is 2. The Labute approximate surface area is 216 Å². The minimum absolute atomic E-state index is 0.0729. The van der Waals surface area contributed by atoms with Gasteiger partial charge in [-0.3, -0.25) is 0 Å². The Bertz CT molecular complexity index is 1390. The van der Waals surface area contributed by atoms with Gasteiger partial charge in [0, 0.05) is 33.9 Å². The summed E-state index contributed by atoms with van der Waals surface area (Å²) in [7, 11) is 0. The zero-order valence-electron chi connectivity index (χ0n) is 21.2. The highest BCUT2D eigenvalue weighted by Gasteiger charge is 2.24. The maximum atomic E-state index is 12.0. The van der Waals surface area contributed by atoms with Crippen LogP contribution >= 0.6 is 11.6 Å². The van der Waals surface area contributed by atoms with Gasteiger partial charge in [0.2, 0.25) is 0 Å². The third-order valence-electron chi connectivity index (χ3n) is 7.17. The first-order chi connectivity index (χ1) is 17.4. The van der Waals surface area contributed by atoms with E-state index in [-0.39, 0.29) is 11.3 Å². The molecule has 0 radical (unpaired) electrons. The molecule has 0 unspecified atom stereocenters. The van der Waals surface area contributed by atoms with Crippen molar-refractivity contribution in [1.82, 2.24) is 14.9 Å². The van der Waals surface area contributed by atoms with Gasteiger partial charge in [-0.1, -0.05) is 44.5 Å². The second-order valence-corrected chi connectivity index (χ2v) is 9.63. The Morgan fingerprint density at radius 1 is 1.06 bits per heavy atom. The summed E-state index contributed by atoms with van der Waals surface area (Å²) in [5.41, 5.74) is 5.17. The zero-order valence-corrected chi connectivity index (χ0v) is 22.0. The van der Waals surface area contributed by atoms with E-state index in [0.717, 1.165) is 47.7 Å². The molecular formula is C29H34ClN3O3. The van der Waals surface area contributed by atoms with Gasteiger partial charge in [0.15, 0.2) is 5.75 Å². The number of carboxylic acids is 1. The molecule has 3 N–H and O–H groups in total. The summed E-state index contributed by atoms with van der Waals surface area (Å²) in [6.45, 7) is 10.1. The standard InChI is InChI=1S/C23H19ClN2O3.C6H15N/c24-14-6-8-18-17(10-14)13(11-25-18)9-19-22(27)20(23(28)29)16-7-5-12-3-1-2-4-15(12)21(16)26-19;1-4-7(5-2)6-3/h5-8,10-11,25,27H,1-4,9H2,(H,28,29);4-6H2,1-3H3. The van der Waals surface area contributed by atoms with Crippen LogP contribution in [0.25, 0.3) is 21.8 Å². The summed E-state index contributed by atoms with van der Waals surface area (Å²) in [6.07, 6.45) is 6.22. The van der Waals surface area contributed by atoms with E-state index in [2.05, 4.69) is 30.7 Å². The van der Waals surface area contributed by atoms with E-state index in [9.17, 15) is 15.0 Å². The molecular weight excluding hydrogens is 474 g/mol. The van der Waals surface area contributed by atoms with Crippen molar-refractivity contribution >= 4 is 39.4 Å². The molecule has 0 saturated carbocycles. The minimum atomic E-state index is -1.14. The first-order valence-corrected chi connectivity index (χ1v) is 13.1. The van der Waals surface area contributed by atoms with E-state index >= 15 is 0 Å². The molecule has 6 nitrogen and oxygen atoms in total. The number of aromatic carboxylic acids is 1. The number of aromatic hydroxyl groups is 1. The number of hydrogen-bond acceptors (Lipinski definition) is 4. The van der Waals surface area contributed by atoms with Gasteiger partial charge >= 0.3 is 5.97 Å².